The molecule has 2 N–H and O–H groups in total. The highest BCUT2D eigenvalue weighted by Gasteiger charge is 2.22. The number of ether oxygens (including phenoxy) is 1. The number of nitrogens with zero attached hydrogens (tertiary/aromatic N) is 6. The molecule has 0 amide bonds. The molecule has 0 bridgehead atoms. The van der Waals surface area contributed by atoms with Gasteiger partial charge in [0.1, 0.15) is 29.2 Å². The summed E-state index contributed by atoms with van der Waals surface area (Å²) in [6.45, 7) is 5.42. The van der Waals surface area contributed by atoms with Gasteiger partial charge in [0, 0.05) is 51.4 Å². The minimum absolute atomic E-state index is 0.298. The predicted molar refractivity (Wildman–Crippen MR) is 134 cm³/mol. The number of hydrogen-bond donors (Lipinski definition) is 1. The fourth-order valence-corrected chi connectivity index (χ4v) is 4.59. The van der Waals surface area contributed by atoms with Crippen LogP contribution in [0.2, 0.25) is 5.02 Å². The van der Waals surface area contributed by atoms with Gasteiger partial charge < -0.3 is 25.2 Å². The molecule has 174 valence electrons. The normalized spacial score (nSPS) is 16.1. The number of piperazine rings is 1. The van der Waals surface area contributed by atoms with E-state index < -0.39 is 0 Å². The summed E-state index contributed by atoms with van der Waals surface area (Å²) in [5.74, 6) is 3.35. The lowest BCUT2D eigenvalue weighted by molar-refractivity contribution is 0.312. The van der Waals surface area contributed by atoms with Gasteiger partial charge in [-0.1, -0.05) is 17.7 Å². The van der Waals surface area contributed by atoms with Crippen molar-refractivity contribution < 1.29 is 4.74 Å². The van der Waals surface area contributed by atoms with Gasteiger partial charge in [0.25, 0.3) is 0 Å². The lowest BCUT2D eigenvalue weighted by atomic mass is 9.99. The number of nitrogen functional groups attached to an aromatic ring is 1. The second kappa shape index (κ2) is 9.37. The first-order valence-corrected chi connectivity index (χ1v) is 11.7. The third kappa shape index (κ3) is 4.72. The zero-order valence-corrected chi connectivity index (χ0v) is 19.8. The van der Waals surface area contributed by atoms with Crippen LogP contribution in [0.4, 0.5) is 17.6 Å². The fraction of sp³-hybridized carbons (Fsp3) is 0.320. The summed E-state index contributed by atoms with van der Waals surface area (Å²) < 4.78 is 6.02. The minimum atomic E-state index is 0.298. The first-order chi connectivity index (χ1) is 16.5. The second-order valence-corrected chi connectivity index (χ2v) is 9.10. The number of hydrogen-bond acceptors (Lipinski definition) is 8. The van der Waals surface area contributed by atoms with Crippen LogP contribution in [0.15, 0.2) is 42.5 Å². The number of aromatic nitrogens is 2. The Balaban J connectivity index is 1.35. The summed E-state index contributed by atoms with van der Waals surface area (Å²) >= 11 is 6.15. The van der Waals surface area contributed by atoms with E-state index in [9.17, 15) is 0 Å². The van der Waals surface area contributed by atoms with Gasteiger partial charge in [0.15, 0.2) is 0 Å². The zero-order valence-electron chi connectivity index (χ0n) is 19.0. The molecular weight excluding hydrogens is 450 g/mol. The molecule has 3 aromatic rings. The number of anilines is 3. The Morgan fingerprint density at radius 3 is 2.35 bits per heavy atom. The molecule has 3 heterocycles. The molecule has 2 aromatic carbocycles. The summed E-state index contributed by atoms with van der Waals surface area (Å²) in [5, 5.41) is 9.44. The summed E-state index contributed by atoms with van der Waals surface area (Å²) in [5.41, 5.74) is 9.00. The SMILES string of the molecule is CN1CCN(c2cc(N3CCc4ccc(Oc5ccc(C#N)c(Cl)c5)cc4C3)nc(N)n2)CC1. The molecule has 0 unspecified atom stereocenters. The van der Waals surface area contributed by atoms with Crippen LogP contribution in [0.25, 0.3) is 0 Å². The lowest BCUT2D eigenvalue weighted by Gasteiger charge is -2.34. The second-order valence-electron chi connectivity index (χ2n) is 8.69. The van der Waals surface area contributed by atoms with E-state index in [0.717, 1.165) is 56.5 Å². The molecule has 0 radical (unpaired) electrons. The molecule has 0 aliphatic carbocycles. The summed E-state index contributed by atoms with van der Waals surface area (Å²) in [4.78, 5) is 15.9. The van der Waals surface area contributed by atoms with Gasteiger partial charge in [-0.3, -0.25) is 0 Å². The average Bonchev–Trinajstić information content (AvgIpc) is 2.84. The highest BCUT2D eigenvalue weighted by Crippen LogP contribution is 2.31. The van der Waals surface area contributed by atoms with Crippen LogP contribution in [0, 0.1) is 11.3 Å². The van der Waals surface area contributed by atoms with Crippen molar-refractivity contribution in [3.05, 3.63) is 64.2 Å². The van der Waals surface area contributed by atoms with Crippen molar-refractivity contribution in [2.24, 2.45) is 0 Å². The highest BCUT2D eigenvalue weighted by atomic mass is 35.5. The quantitative estimate of drug-likeness (QED) is 0.610. The Labute approximate surface area is 204 Å². The van der Waals surface area contributed by atoms with Gasteiger partial charge in [0.2, 0.25) is 5.95 Å². The Hall–Kier alpha value is -3.54. The molecule has 8 nitrogen and oxygen atoms in total. The smallest absolute Gasteiger partial charge is 0.223 e. The molecular formula is C25H26ClN7O. The van der Waals surface area contributed by atoms with Gasteiger partial charge >= 0.3 is 0 Å². The van der Waals surface area contributed by atoms with Crippen LogP contribution >= 0.6 is 11.6 Å². The molecule has 9 heteroatoms. The zero-order chi connectivity index (χ0) is 23.7. The number of nitriles is 1. The first-order valence-electron chi connectivity index (χ1n) is 11.3. The van der Waals surface area contributed by atoms with E-state index in [4.69, 9.17) is 27.3 Å². The Kier molecular flexibility index (Phi) is 6.14. The molecule has 5 rings (SSSR count). The standard InChI is InChI=1S/C25H26ClN7O/c1-31-8-10-32(11-9-31)23-14-24(30-25(28)29-23)33-7-6-17-2-4-20(12-19(17)16-33)34-21-5-3-18(15-27)22(26)13-21/h2-5,12-14H,6-11,16H2,1H3,(H2,28,29,30). The van der Waals surface area contributed by atoms with Crippen LogP contribution in [0.5, 0.6) is 11.5 Å². The molecule has 1 fully saturated rings. The summed E-state index contributed by atoms with van der Waals surface area (Å²) in [6.07, 6.45) is 0.909. The van der Waals surface area contributed by atoms with Crippen LogP contribution in [0.3, 0.4) is 0 Å². The van der Waals surface area contributed by atoms with E-state index in [1.165, 1.54) is 11.1 Å². The van der Waals surface area contributed by atoms with E-state index >= 15 is 0 Å². The maximum Gasteiger partial charge on any atom is 0.223 e. The third-order valence-electron chi connectivity index (χ3n) is 6.35. The Bertz CT molecular complexity index is 1250. The monoisotopic (exact) mass is 475 g/mol. The number of halogens is 1. The third-order valence-corrected chi connectivity index (χ3v) is 6.67. The maximum absolute atomic E-state index is 9.07. The maximum atomic E-state index is 9.07. The summed E-state index contributed by atoms with van der Waals surface area (Å²) in [6, 6.07) is 15.3. The van der Waals surface area contributed by atoms with Crippen LogP contribution < -0.4 is 20.3 Å². The molecule has 0 saturated carbocycles. The van der Waals surface area contributed by atoms with Crippen LogP contribution in [-0.2, 0) is 13.0 Å². The Morgan fingerprint density at radius 1 is 0.912 bits per heavy atom. The van der Waals surface area contributed by atoms with Crippen LogP contribution in [-0.4, -0.2) is 54.6 Å². The van der Waals surface area contributed by atoms with E-state index in [0.29, 0.717) is 28.8 Å². The van der Waals surface area contributed by atoms with Crippen molar-refractivity contribution in [1.29, 1.82) is 5.26 Å². The molecule has 34 heavy (non-hydrogen) atoms. The number of fused-ring (bicyclic) bond motifs is 1. The Morgan fingerprint density at radius 2 is 1.62 bits per heavy atom. The molecule has 2 aliphatic rings. The molecule has 1 aromatic heterocycles. The highest BCUT2D eigenvalue weighted by molar-refractivity contribution is 6.31. The predicted octanol–water partition coefficient (Wildman–Crippen LogP) is 3.69. The number of benzene rings is 2. The van der Waals surface area contributed by atoms with Gasteiger partial charge in [0.05, 0.1) is 10.6 Å². The van der Waals surface area contributed by atoms with Gasteiger partial charge in [-0.2, -0.15) is 15.2 Å². The lowest BCUT2D eigenvalue weighted by Crippen LogP contribution is -2.45. The average molecular weight is 476 g/mol. The van der Waals surface area contributed by atoms with Gasteiger partial charge in [-0.15, -0.1) is 0 Å². The van der Waals surface area contributed by atoms with E-state index in [-0.39, 0.29) is 0 Å². The first kappa shape index (κ1) is 22.3. The summed E-state index contributed by atoms with van der Waals surface area (Å²) in [7, 11) is 2.14. The number of rotatable bonds is 4. The molecule has 0 spiro atoms. The number of likely N-dealkylation sites (N-methyl/N-ethyl adjacent to an activating group) is 1. The van der Waals surface area contributed by atoms with Gasteiger partial charge in [-0.25, -0.2) is 0 Å². The van der Waals surface area contributed by atoms with Crippen molar-refractivity contribution in [1.82, 2.24) is 14.9 Å². The van der Waals surface area contributed by atoms with Crippen molar-refractivity contribution in [2.75, 3.05) is 55.3 Å². The van der Waals surface area contributed by atoms with Gasteiger partial charge in [-0.05, 0) is 48.9 Å². The molecule has 0 atom stereocenters. The van der Waals surface area contributed by atoms with E-state index in [1.54, 1.807) is 18.2 Å². The van der Waals surface area contributed by atoms with Crippen molar-refractivity contribution >= 4 is 29.2 Å². The largest absolute Gasteiger partial charge is 0.457 e. The number of nitrogens with two attached hydrogens (primary N) is 1. The fourth-order valence-electron chi connectivity index (χ4n) is 4.38. The van der Waals surface area contributed by atoms with E-state index in [1.807, 2.05) is 12.1 Å². The van der Waals surface area contributed by atoms with Crippen molar-refractivity contribution in [3.63, 3.8) is 0 Å². The van der Waals surface area contributed by atoms with Crippen LogP contribution in [0.1, 0.15) is 16.7 Å². The van der Waals surface area contributed by atoms with E-state index in [2.05, 4.69) is 49.9 Å². The molecule has 1 saturated heterocycles. The minimum Gasteiger partial charge on any atom is -0.457 e. The van der Waals surface area contributed by atoms with Crippen molar-refractivity contribution in [2.45, 2.75) is 13.0 Å². The van der Waals surface area contributed by atoms with Crippen molar-refractivity contribution in [3.8, 4) is 17.6 Å². The topological polar surface area (TPSA) is 94.5 Å². The molecule has 2 aliphatic heterocycles.